The summed E-state index contributed by atoms with van der Waals surface area (Å²) in [7, 11) is 1.90. The van der Waals surface area contributed by atoms with E-state index in [0.717, 1.165) is 29.1 Å². The van der Waals surface area contributed by atoms with Crippen molar-refractivity contribution >= 4 is 11.3 Å². The monoisotopic (exact) mass is 264 g/mol. The van der Waals surface area contributed by atoms with E-state index in [2.05, 4.69) is 17.2 Å². The molecule has 17 heavy (non-hydrogen) atoms. The van der Waals surface area contributed by atoms with Gasteiger partial charge in [0.25, 0.3) is 0 Å². The summed E-state index contributed by atoms with van der Waals surface area (Å²) in [4.78, 5) is 4.26. The van der Waals surface area contributed by atoms with Crippen LogP contribution in [0.25, 0.3) is 0 Å². The summed E-state index contributed by atoms with van der Waals surface area (Å²) in [5.41, 5.74) is 0. The van der Waals surface area contributed by atoms with Crippen molar-refractivity contribution in [1.82, 2.24) is 10.3 Å². The molecule has 96 valence electrons. The minimum Gasteiger partial charge on any atom is -0.317 e. The van der Waals surface area contributed by atoms with E-state index in [-0.39, 0.29) is 5.92 Å². The molecule has 1 saturated carbocycles. The Morgan fingerprint density at radius 1 is 1.41 bits per heavy atom. The summed E-state index contributed by atoms with van der Waals surface area (Å²) in [6.45, 7) is 2.09. The molecule has 0 radical (unpaired) electrons. The lowest BCUT2D eigenvalue weighted by Crippen LogP contribution is -2.28. The summed E-state index contributed by atoms with van der Waals surface area (Å²) >= 11 is 0.789. The number of hydrogen-bond acceptors (Lipinski definition) is 3. The van der Waals surface area contributed by atoms with Gasteiger partial charge in [-0.25, -0.2) is 4.98 Å². The van der Waals surface area contributed by atoms with Crippen molar-refractivity contribution in [3.8, 4) is 0 Å². The summed E-state index contributed by atoms with van der Waals surface area (Å²) in [6, 6.07) is 0.399. The molecule has 3 atom stereocenters. The van der Waals surface area contributed by atoms with Crippen LogP contribution in [-0.4, -0.2) is 18.1 Å². The van der Waals surface area contributed by atoms with Gasteiger partial charge in [-0.3, -0.25) is 0 Å². The highest BCUT2D eigenvalue weighted by molar-refractivity contribution is 7.11. The van der Waals surface area contributed by atoms with Gasteiger partial charge in [0.1, 0.15) is 0 Å². The first-order valence-electron chi connectivity index (χ1n) is 5.63. The highest BCUT2D eigenvalue weighted by Crippen LogP contribution is 2.43. The van der Waals surface area contributed by atoms with Gasteiger partial charge in [-0.1, -0.05) is 6.92 Å². The number of nitrogens with one attached hydrogen (secondary N) is 1. The summed E-state index contributed by atoms with van der Waals surface area (Å²) in [6.07, 6.45) is -0.965. The molecule has 6 heteroatoms. The van der Waals surface area contributed by atoms with Crippen LogP contribution in [0.2, 0.25) is 0 Å². The van der Waals surface area contributed by atoms with E-state index in [1.807, 2.05) is 7.05 Å². The predicted octanol–water partition coefficient (Wildman–Crippen LogP) is 3.26. The van der Waals surface area contributed by atoms with Crippen LogP contribution in [0, 0.1) is 5.92 Å². The fraction of sp³-hybridized carbons (Fsp3) is 0.727. The van der Waals surface area contributed by atoms with Gasteiger partial charge in [0, 0.05) is 17.1 Å². The fourth-order valence-electron chi connectivity index (χ4n) is 2.56. The molecular formula is C11H15F3N2S. The highest BCUT2D eigenvalue weighted by atomic mass is 32.1. The topological polar surface area (TPSA) is 24.9 Å². The van der Waals surface area contributed by atoms with Crippen LogP contribution in [-0.2, 0) is 6.18 Å². The Kier molecular flexibility index (Phi) is 3.45. The number of rotatable bonds is 2. The molecule has 1 aliphatic carbocycles. The molecule has 1 fully saturated rings. The minimum absolute atomic E-state index is 0.209. The summed E-state index contributed by atoms with van der Waals surface area (Å²) in [5.74, 6) is 0.572. The molecule has 2 nitrogen and oxygen atoms in total. The molecular weight excluding hydrogens is 249 g/mol. The molecule has 0 bridgehead atoms. The average Bonchev–Trinajstić information content (AvgIpc) is 2.82. The Balaban J connectivity index is 2.16. The molecule has 1 N–H and O–H groups in total. The fourth-order valence-corrected chi connectivity index (χ4v) is 3.60. The lowest BCUT2D eigenvalue weighted by Gasteiger charge is -2.18. The summed E-state index contributed by atoms with van der Waals surface area (Å²) < 4.78 is 37.4. The van der Waals surface area contributed by atoms with Crippen LogP contribution in [0.4, 0.5) is 13.2 Å². The first-order chi connectivity index (χ1) is 7.93. The molecule has 1 aliphatic rings. The maximum atomic E-state index is 12.5. The number of hydrogen-bond donors (Lipinski definition) is 1. The van der Waals surface area contributed by atoms with E-state index < -0.39 is 11.2 Å². The zero-order valence-corrected chi connectivity index (χ0v) is 10.5. The molecule has 0 spiro atoms. The van der Waals surface area contributed by atoms with Crippen molar-refractivity contribution in [1.29, 1.82) is 0 Å². The molecule has 1 aromatic heterocycles. The van der Waals surface area contributed by atoms with Crippen molar-refractivity contribution in [2.75, 3.05) is 7.05 Å². The van der Waals surface area contributed by atoms with Gasteiger partial charge in [-0.15, -0.1) is 11.3 Å². The molecule has 0 aliphatic heterocycles. The first-order valence-corrected chi connectivity index (χ1v) is 6.45. The highest BCUT2D eigenvalue weighted by Gasteiger charge is 2.38. The second-order valence-corrected chi connectivity index (χ2v) is 5.57. The number of alkyl halides is 3. The molecule has 3 unspecified atom stereocenters. The maximum Gasteiger partial charge on any atom is 0.443 e. The second-order valence-electron chi connectivity index (χ2n) is 4.50. The number of halogens is 3. The average molecular weight is 264 g/mol. The van der Waals surface area contributed by atoms with Gasteiger partial charge in [-0.05, 0) is 31.7 Å². The number of nitrogens with zero attached hydrogens (tertiary/aromatic N) is 1. The third kappa shape index (κ3) is 2.47. The third-order valence-electron chi connectivity index (χ3n) is 3.56. The van der Waals surface area contributed by atoms with Crippen LogP contribution >= 0.6 is 11.3 Å². The number of thiazole rings is 1. The standard InChI is InChI=1S/C11H15F3N2S/c1-6-7(3-4-8(6)15-2)9-5-16-10(17-9)11(12,13)14/h5-8,15H,3-4H2,1-2H3. The Morgan fingerprint density at radius 3 is 2.59 bits per heavy atom. The normalized spacial score (nSPS) is 29.8. The van der Waals surface area contributed by atoms with E-state index >= 15 is 0 Å². The van der Waals surface area contributed by atoms with Crippen molar-refractivity contribution in [2.24, 2.45) is 5.92 Å². The molecule has 0 amide bonds. The smallest absolute Gasteiger partial charge is 0.317 e. The molecule has 0 saturated heterocycles. The van der Waals surface area contributed by atoms with Gasteiger partial charge in [0.2, 0.25) is 0 Å². The van der Waals surface area contributed by atoms with Crippen LogP contribution < -0.4 is 5.32 Å². The van der Waals surface area contributed by atoms with E-state index in [4.69, 9.17) is 0 Å². The van der Waals surface area contributed by atoms with E-state index in [1.54, 1.807) is 0 Å². The third-order valence-corrected chi connectivity index (χ3v) is 4.73. The molecule has 1 aromatic rings. The number of aromatic nitrogens is 1. The van der Waals surface area contributed by atoms with Crippen molar-refractivity contribution in [3.05, 3.63) is 16.1 Å². The van der Waals surface area contributed by atoms with E-state index in [0.29, 0.717) is 12.0 Å². The van der Waals surface area contributed by atoms with E-state index in [1.165, 1.54) is 6.20 Å². The molecule has 0 aromatic carbocycles. The largest absolute Gasteiger partial charge is 0.443 e. The Labute approximate surface area is 102 Å². The summed E-state index contributed by atoms with van der Waals surface area (Å²) in [5, 5.41) is 2.48. The zero-order valence-electron chi connectivity index (χ0n) is 9.71. The Morgan fingerprint density at radius 2 is 2.12 bits per heavy atom. The van der Waals surface area contributed by atoms with Crippen molar-refractivity contribution < 1.29 is 13.2 Å². The molecule has 1 heterocycles. The maximum absolute atomic E-state index is 12.5. The minimum atomic E-state index is -4.31. The lowest BCUT2D eigenvalue weighted by atomic mass is 9.95. The second kappa shape index (κ2) is 4.57. The Hall–Kier alpha value is -0.620. The zero-order chi connectivity index (χ0) is 12.6. The van der Waals surface area contributed by atoms with Gasteiger partial charge < -0.3 is 5.32 Å². The van der Waals surface area contributed by atoms with Crippen LogP contribution in [0.1, 0.15) is 35.6 Å². The van der Waals surface area contributed by atoms with Crippen molar-refractivity contribution in [3.63, 3.8) is 0 Å². The van der Waals surface area contributed by atoms with Gasteiger partial charge in [0.15, 0.2) is 5.01 Å². The SMILES string of the molecule is CNC1CCC(c2cnc(C(F)(F)F)s2)C1C. The lowest BCUT2D eigenvalue weighted by molar-refractivity contribution is -0.137. The van der Waals surface area contributed by atoms with E-state index in [9.17, 15) is 13.2 Å². The molecule has 2 rings (SSSR count). The van der Waals surface area contributed by atoms with Gasteiger partial charge in [-0.2, -0.15) is 13.2 Å². The van der Waals surface area contributed by atoms with Gasteiger partial charge >= 0.3 is 6.18 Å². The van der Waals surface area contributed by atoms with Crippen molar-refractivity contribution in [2.45, 2.75) is 37.9 Å². The van der Waals surface area contributed by atoms with Crippen LogP contribution in [0.5, 0.6) is 0 Å². The predicted molar refractivity (Wildman–Crippen MR) is 61.1 cm³/mol. The van der Waals surface area contributed by atoms with Gasteiger partial charge in [0.05, 0.1) is 0 Å². The quantitative estimate of drug-likeness (QED) is 0.886. The first kappa shape index (κ1) is 12.8. The van der Waals surface area contributed by atoms with Crippen LogP contribution in [0.3, 0.4) is 0 Å². The van der Waals surface area contributed by atoms with Crippen LogP contribution in [0.15, 0.2) is 6.20 Å². The Bertz CT molecular complexity index is 388.